The molecule has 2 aliphatic rings. The first-order valence-electron chi connectivity index (χ1n) is 11.3. The Labute approximate surface area is 192 Å². The number of aryl methyl sites for hydroxylation is 1. The van der Waals surface area contributed by atoms with Crippen LogP contribution in [0.5, 0.6) is 0 Å². The Morgan fingerprint density at radius 1 is 1.06 bits per heavy atom. The van der Waals surface area contributed by atoms with E-state index in [4.69, 9.17) is 0 Å². The van der Waals surface area contributed by atoms with Gasteiger partial charge in [0, 0.05) is 22.7 Å². The largest absolute Gasteiger partial charge is 0.416 e. The molecule has 0 amide bonds. The molecule has 2 aromatic rings. The predicted molar refractivity (Wildman–Crippen MR) is 123 cm³/mol. The van der Waals surface area contributed by atoms with E-state index in [1.165, 1.54) is 30.7 Å². The number of dihydropyridines is 1. The van der Waals surface area contributed by atoms with Crippen molar-refractivity contribution >= 4 is 5.70 Å². The SMILES string of the molecule is C=C(NC1=CC(c2ccccc2C(F)(F)F)NC(C2CCCCC2)=C1)c1ccc(F)cc1C. The molecular weight excluding hydrogens is 428 g/mol. The van der Waals surface area contributed by atoms with Gasteiger partial charge in [0.25, 0.3) is 0 Å². The third kappa shape index (κ3) is 5.32. The summed E-state index contributed by atoms with van der Waals surface area (Å²) in [6.45, 7) is 5.90. The number of allylic oxidation sites excluding steroid dienone is 2. The molecule has 0 aromatic heterocycles. The zero-order chi connectivity index (χ0) is 23.6. The van der Waals surface area contributed by atoms with Crippen molar-refractivity contribution < 1.29 is 17.6 Å². The van der Waals surface area contributed by atoms with Crippen molar-refractivity contribution in [2.45, 2.75) is 51.2 Å². The van der Waals surface area contributed by atoms with E-state index < -0.39 is 17.8 Å². The van der Waals surface area contributed by atoms with E-state index in [2.05, 4.69) is 17.2 Å². The van der Waals surface area contributed by atoms with Gasteiger partial charge in [-0.1, -0.05) is 44.0 Å². The van der Waals surface area contributed by atoms with Gasteiger partial charge in [-0.25, -0.2) is 4.39 Å². The van der Waals surface area contributed by atoms with Crippen LogP contribution >= 0.6 is 0 Å². The van der Waals surface area contributed by atoms with Crippen LogP contribution in [0.1, 0.15) is 60.4 Å². The summed E-state index contributed by atoms with van der Waals surface area (Å²) >= 11 is 0. The fourth-order valence-electron chi connectivity index (χ4n) is 4.79. The van der Waals surface area contributed by atoms with E-state index in [0.29, 0.717) is 11.4 Å². The minimum Gasteiger partial charge on any atom is -0.378 e. The molecule has 1 aliphatic heterocycles. The normalized spacial score (nSPS) is 19.4. The zero-order valence-corrected chi connectivity index (χ0v) is 18.6. The molecule has 0 saturated heterocycles. The van der Waals surface area contributed by atoms with Gasteiger partial charge in [0.05, 0.1) is 11.6 Å². The molecule has 1 fully saturated rings. The van der Waals surface area contributed by atoms with Gasteiger partial charge in [-0.15, -0.1) is 0 Å². The molecule has 0 radical (unpaired) electrons. The first-order chi connectivity index (χ1) is 15.7. The second kappa shape index (κ2) is 9.46. The molecule has 2 N–H and O–H groups in total. The summed E-state index contributed by atoms with van der Waals surface area (Å²) in [6.07, 6.45) is 4.73. The van der Waals surface area contributed by atoms with E-state index in [-0.39, 0.29) is 17.3 Å². The van der Waals surface area contributed by atoms with Gasteiger partial charge in [-0.05, 0) is 73.2 Å². The lowest BCUT2D eigenvalue weighted by Gasteiger charge is -2.33. The van der Waals surface area contributed by atoms with Crippen molar-refractivity contribution in [2.24, 2.45) is 5.92 Å². The monoisotopic (exact) mass is 456 g/mol. The summed E-state index contributed by atoms with van der Waals surface area (Å²) in [7, 11) is 0. The Kier molecular flexibility index (Phi) is 6.63. The highest BCUT2D eigenvalue weighted by Gasteiger charge is 2.35. The Morgan fingerprint density at radius 2 is 1.79 bits per heavy atom. The standard InChI is InChI=1S/C27H28F4N2/c1-17-14-20(28)12-13-22(17)18(2)32-21-15-25(19-8-4-3-5-9-19)33-26(16-21)23-10-6-7-11-24(23)27(29,30)31/h6-7,10-16,19,26,32-33H,2-5,8-9H2,1H3. The quantitative estimate of drug-likeness (QED) is 0.458. The summed E-state index contributed by atoms with van der Waals surface area (Å²) in [4.78, 5) is 0. The van der Waals surface area contributed by atoms with Gasteiger partial charge in [0.15, 0.2) is 0 Å². The van der Waals surface area contributed by atoms with E-state index in [0.717, 1.165) is 48.6 Å². The molecule has 1 unspecified atom stereocenters. The average Bonchev–Trinajstić information content (AvgIpc) is 2.79. The number of alkyl halides is 3. The maximum absolute atomic E-state index is 13.7. The molecule has 1 heterocycles. The van der Waals surface area contributed by atoms with Gasteiger partial charge in [0.1, 0.15) is 5.82 Å². The van der Waals surface area contributed by atoms with Gasteiger partial charge in [-0.2, -0.15) is 13.2 Å². The maximum Gasteiger partial charge on any atom is 0.416 e. The third-order valence-electron chi connectivity index (χ3n) is 6.43. The van der Waals surface area contributed by atoms with Crippen molar-refractivity contribution in [3.05, 3.63) is 101 Å². The number of hydrogen-bond donors (Lipinski definition) is 2. The van der Waals surface area contributed by atoms with E-state index in [9.17, 15) is 17.6 Å². The molecular formula is C27H28F4N2. The van der Waals surface area contributed by atoms with Gasteiger partial charge in [0.2, 0.25) is 0 Å². The zero-order valence-electron chi connectivity index (χ0n) is 18.6. The molecule has 1 atom stereocenters. The molecule has 0 spiro atoms. The summed E-state index contributed by atoms with van der Waals surface area (Å²) in [5, 5.41) is 6.65. The van der Waals surface area contributed by atoms with E-state index in [1.807, 2.05) is 6.08 Å². The maximum atomic E-state index is 13.7. The molecule has 33 heavy (non-hydrogen) atoms. The lowest BCUT2D eigenvalue weighted by Crippen LogP contribution is -2.31. The van der Waals surface area contributed by atoms with Crippen molar-refractivity contribution in [3.8, 4) is 0 Å². The Hall–Kier alpha value is -3.02. The second-order valence-corrected chi connectivity index (χ2v) is 8.83. The third-order valence-corrected chi connectivity index (χ3v) is 6.43. The predicted octanol–water partition coefficient (Wildman–Crippen LogP) is 7.41. The summed E-state index contributed by atoms with van der Waals surface area (Å²) < 4.78 is 54.7. The van der Waals surface area contributed by atoms with Crippen molar-refractivity contribution in [1.29, 1.82) is 0 Å². The van der Waals surface area contributed by atoms with Gasteiger partial charge < -0.3 is 10.6 Å². The summed E-state index contributed by atoms with van der Waals surface area (Å²) in [5.41, 5.74) is 3.25. The fourth-order valence-corrected chi connectivity index (χ4v) is 4.79. The molecule has 6 heteroatoms. The lowest BCUT2D eigenvalue weighted by molar-refractivity contribution is -0.138. The minimum absolute atomic E-state index is 0.189. The Bertz CT molecular complexity index is 1090. The fraction of sp³-hybridized carbons (Fsp3) is 0.333. The highest BCUT2D eigenvalue weighted by molar-refractivity contribution is 5.67. The van der Waals surface area contributed by atoms with E-state index in [1.54, 1.807) is 25.1 Å². The number of benzene rings is 2. The highest BCUT2D eigenvalue weighted by atomic mass is 19.4. The first kappa shape index (κ1) is 23.1. The topological polar surface area (TPSA) is 24.1 Å². The number of hydrogen-bond acceptors (Lipinski definition) is 2. The molecule has 0 bridgehead atoms. The van der Waals surface area contributed by atoms with Crippen LogP contribution in [0.2, 0.25) is 0 Å². The van der Waals surface area contributed by atoms with Crippen LogP contribution in [-0.2, 0) is 6.18 Å². The molecule has 2 nitrogen and oxygen atoms in total. The second-order valence-electron chi connectivity index (χ2n) is 8.83. The van der Waals surface area contributed by atoms with Crippen LogP contribution < -0.4 is 10.6 Å². The summed E-state index contributed by atoms with van der Waals surface area (Å²) in [5.74, 6) is -0.0425. The number of halogens is 4. The number of nitrogens with one attached hydrogen (secondary N) is 2. The van der Waals surface area contributed by atoms with Gasteiger partial charge >= 0.3 is 6.18 Å². The minimum atomic E-state index is -4.44. The van der Waals surface area contributed by atoms with Crippen LogP contribution in [-0.4, -0.2) is 0 Å². The molecule has 174 valence electrons. The van der Waals surface area contributed by atoms with Crippen LogP contribution in [0.4, 0.5) is 17.6 Å². The number of rotatable bonds is 5. The van der Waals surface area contributed by atoms with Crippen molar-refractivity contribution in [1.82, 2.24) is 10.6 Å². The molecule has 1 saturated carbocycles. The summed E-state index contributed by atoms with van der Waals surface area (Å²) in [6, 6.07) is 9.53. The Balaban J connectivity index is 1.69. The van der Waals surface area contributed by atoms with Crippen molar-refractivity contribution in [2.75, 3.05) is 0 Å². The van der Waals surface area contributed by atoms with E-state index >= 15 is 0 Å². The lowest BCUT2D eigenvalue weighted by atomic mass is 9.84. The van der Waals surface area contributed by atoms with Gasteiger partial charge in [-0.3, -0.25) is 0 Å². The Morgan fingerprint density at radius 3 is 2.48 bits per heavy atom. The molecule has 2 aromatic carbocycles. The average molecular weight is 457 g/mol. The van der Waals surface area contributed by atoms with Crippen LogP contribution in [0.3, 0.4) is 0 Å². The van der Waals surface area contributed by atoms with Crippen LogP contribution in [0, 0.1) is 18.7 Å². The van der Waals surface area contributed by atoms with Crippen LogP contribution in [0.15, 0.2) is 72.6 Å². The molecule has 4 rings (SSSR count). The highest BCUT2D eigenvalue weighted by Crippen LogP contribution is 2.38. The van der Waals surface area contributed by atoms with Crippen molar-refractivity contribution in [3.63, 3.8) is 0 Å². The smallest absolute Gasteiger partial charge is 0.378 e. The first-order valence-corrected chi connectivity index (χ1v) is 11.3. The molecule has 1 aliphatic carbocycles. The van der Waals surface area contributed by atoms with Crippen LogP contribution in [0.25, 0.3) is 5.70 Å².